The molecule has 16 heavy (non-hydrogen) atoms. The molecule has 1 heterocycles. The van der Waals surface area contributed by atoms with Crippen LogP contribution >= 0.6 is 11.6 Å². The lowest BCUT2D eigenvalue weighted by atomic mass is 10.1. The van der Waals surface area contributed by atoms with Gasteiger partial charge < -0.3 is 4.74 Å². The molecule has 0 fully saturated rings. The zero-order valence-electron chi connectivity index (χ0n) is 9.67. The zero-order chi connectivity index (χ0) is 11.7. The molecule has 0 aliphatic rings. The van der Waals surface area contributed by atoms with Gasteiger partial charge in [0.2, 0.25) is 0 Å². The van der Waals surface area contributed by atoms with Gasteiger partial charge in [0.25, 0.3) is 0 Å². The number of pyridine rings is 1. The Kier molecular flexibility index (Phi) is 3.01. The fourth-order valence-corrected chi connectivity index (χ4v) is 2.05. The minimum absolute atomic E-state index is 0.740. The van der Waals surface area contributed by atoms with Gasteiger partial charge >= 0.3 is 0 Å². The fraction of sp³-hybridized carbons (Fsp3) is 0.308. The summed E-state index contributed by atoms with van der Waals surface area (Å²) in [5.74, 6) is 0.818. The predicted molar refractivity (Wildman–Crippen MR) is 67.4 cm³/mol. The number of nitrogens with zero attached hydrogens (tertiary/aromatic N) is 1. The third-order valence-corrected chi connectivity index (χ3v) is 2.99. The molecular formula is C13H14ClNO. The number of ether oxygens (including phenoxy) is 1. The van der Waals surface area contributed by atoms with E-state index in [1.165, 1.54) is 0 Å². The molecule has 0 bridgehead atoms. The number of aryl methyl sites for hydroxylation is 2. The first-order valence-corrected chi connectivity index (χ1v) is 5.67. The van der Waals surface area contributed by atoms with Crippen LogP contribution in [0.2, 0.25) is 5.02 Å². The van der Waals surface area contributed by atoms with Crippen LogP contribution in [0.5, 0.6) is 5.75 Å². The van der Waals surface area contributed by atoms with Crippen LogP contribution in [-0.2, 0) is 6.42 Å². The SMILES string of the molecule is CCc1cc(Cl)c2cc(OC)cc(C)c2n1. The number of rotatable bonds is 2. The first kappa shape index (κ1) is 11.2. The minimum Gasteiger partial charge on any atom is -0.497 e. The highest BCUT2D eigenvalue weighted by atomic mass is 35.5. The van der Waals surface area contributed by atoms with Crippen molar-refractivity contribution in [2.24, 2.45) is 0 Å². The highest BCUT2D eigenvalue weighted by molar-refractivity contribution is 6.35. The summed E-state index contributed by atoms with van der Waals surface area (Å²) in [6.07, 6.45) is 0.890. The Hall–Kier alpha value is -1.28. The van der Waals surface area contributed by atoms with Gasteiger partial charge in [0.15, 0.2) is 0 Å². The van der Waals surface area contributed by atoms with E-state index in [0.717, 1.165) is 39.4 Å². The molecule has 0 atom stereocenters. The molecule has 0 aliphatic heterocycles. The van der Waals surface area contributed by atoms with Crippen molar-refractivity contribution in [3.05, 3.63) is 34.5 Å². The molecule has 2 aromatic rings. The maximum absolute atomic E-state index is 6.25. The van der Waals surface area contributed by atoms with Crippen molar-refractivity contribution < 1.29 is 4.74 Å². The zero-order valence-corrected chi connectivity index (χ0v) is 10.4. The van der Waals surface area contributed by atoms with E-state index in [-0.39, 0.29) is 0 Å². The van der Waals surface area contributed by atoms with Gasteiger partial charge in [0.1, 0.15) is 5.75 Å². The lowest BCUT2D eigenvalue weighted by Crippen LogP contribution is -1.93. The van der Waals surface area contributed by atoms with E-state index in [2.05, 4.69) is 11.9 Å². The van der Waals surface area contributed by atoms with E-state index in [1.54, 1.807) is 7.11 Å². The van der Waals surface area contributed by atoms with Crippen LogP contribution in [-0.4, -0.2) is 12.1 Å². The second kappa shape index (κ2) is 4.30. The van der Waals surface area contributed by atoms with Crippen molar-refractivity contribution in [2.45, 2.75) is 20.3 Å². The van der Waals surface area contributed by atoms with E-state index in [0.29, 0.717) is 0 Å². The largest absolute Gasteiger partial charge is 0.497 e. The predicted octanol–water partition coefficient (Wildman–Crippen LogP) is 3.77. The molecule has 2 rings (SSSR count). The van der Waals surface area contributed by atoms with Crippen LogP contribution < -0.4 is 4.74 Å². The van der Waals surface area contributed by atoms with Crippen LogP contribution in [0.25, 0.3) is 10.9 Å². The molecule has 0 aliphatic carbocycles. The molecule has 2 nitrogen and oxygen atoms in total. The third kappa shape index (κ3) is 1.85. The average molecular weight is 236 g/mol. The quantitative estimate of drug-likeness (QED) is 0.791. The highest BCUT2D eigenvalue weighted by Crippen LogP contribution is 2.29. The summed E-state index contributed by atoms with van der Waals surface area (Å²) >= 11 is 6.25. The lowest BCUT2D eigenvalue weighted by Gasteiger charge is -2.08. The van der Waals surface area contributed by atoms with Gasteiger partial charge in [-0.3, -0.25) is 4.98 Å². The van der Waals surface area contributed by atoms with Crippen molar-refractivity contribution in [1.82, 2.24) is 4.98 Å². The second-order valence-electron chi connectivity index (χ2n) is 3.79. The van der Waals surface area contributed by atoms with Crippen LogP contribution in [0.4, 0.5) is 0 Å². The Bertz CT molecular complexity index is 488. The first-order chi connectivity index (χ1) is 7.65. The number of hydrogen-bond acceptors (Lipinski definition) is 2. The Labute approximate surface area is 100 Å². The molecule has 0 saturated carbocycles. The Morgan fingerprint density at radius 1 is 1.31 bits per heavy atom. The van der Waals surface area contributed by atoms with E-state index >= 15 is 0 Å². The van der Waals surface area contributed by atoms with E-state index < -0.39 is 0 Å². The summed E-state index contributed by atoms with van der Waals surface area (Å²) in [6, 6.07) is 5.82. The van der Waals surface area contributed by atoms with E-state index in [9.17, 15) is 0 Å². The van der Waals surface area contributed by atoms with Gasteiger partial charge in [-0.1, -0.05) is 18.5 Å². The summed E-state index contributed by atoms with van der Waals surface area (Å²) in [5.41, 5.74) is 3.07. The van der Waals surface area contributed by atoms with Crippen LogP contribution in [0.15, 0.2) is 18.2 Å². The summed E-state index contributed by atoms with van der Waals surface area (Å²) in [4.78, 5) is 4.59. The summed E-state index contributed by atoms with van der Waals surface area (Å²) in [5, 5.41) is 1.69. The number of aromatic nitrogens is 1. The van der Waals surface area contributed by atoms with Gasteiger partial charge in [-0.05, 0) is 37.1 Å². The van der Waals surface area contributed by atoms with Gasteiger partial charge in [-0.15, -0.1) is 0 Å². The standard InChI is InChI=1S/C13H14ClNO/c1-4-9-6-12(14)11-7-10(16-3)5-8(2)13(11)15-9/h5-7H,4H2,1-3H3. The minimum atomic E-state index is 0.740. The van der Waals surface area contributed by atoms with Crippen LogP contribution in [0.3, 0.4) is 0 Å². The Balaban J connectivity index is 2.78. The van der Waals surface area contributed by atoms with Crippen molar-refractivity contribution in [1.29, 1.82) is 0 Å². The number of hydrogen-bond donors (Lipinski definition) is 0. The molecule has 84 valence electrons. The summed E-state index contributed by atoms with van der Waals surface area (Å²) in [7, 11) is 1.66. The first-order valence-electron chi connectivity index (χ1n) is 5.29. The fourth-order valence-electron chi connectivity index (χ4n) is 1.78. The van der Waals surface area contributed by atoms with Gasteiger partial charge in [0, 0.05) is 11.1 Å². The molecule has 0 unspecified atom stereocenters. The normalized spacial score (nSPS) is 10.8. The van der Waals surface area contributed by atoms with Gasteiger partial charge in [-0.25, -0.2) is 0 Å². The van der Waals surface area contributed by atoms with Crippen molar-refractivity contribution in [2.75, 3.05) is 7.11 Å². The number of fused-ring (bicyclic) bond motifs is 1. The van der Waals surface area contributed by atoms with Crippen molar-refractivity contribution in [3.8, 4) is 5.75 Å². The van der Waals surface area contributed by atoms with Crippen LogP contribution in [0.1, 0.15) is 18.2 Å². The lowest BCUT2D eigenvalue weighted by molar-refractivity contribution is 0.415. The van der Waals surface area contributed by atoms with Crippen molar-refractivity contribution >= 4 is 22.5 Å². The monoisotopic (exact) mass is 235 g/mol. The molecule has 0 saturated heterocycles. The smallest absolute Gasteiger partial charge is 0.119 e. The number of methoxy groups -OCH3 is 1. The average Bonchev–Trinajstić information content (AvgIpc) is 2.29. The highest BCUT2D eigenvalue weighted by Gasteiger charge is 2.07. The maximum Gasteiger partial charge on any atom is 0.119 e. The molecule has 0 spiro atoms. The third-order valence-electron chi connectivity index (χ3n) is 2.68. The molecule has 1 aromatic heterocycles. The van der Waals surface area contributed by atoms with Crippen LogP contribution in [0, 0.1) is 6.92 Å². The maximum atomic E-state index is 6.25. The van der Waals surface area contributed by atoms with Gasteiger partial charge in [0.05, 0.1) is 17.6 Å². The molecule has 3 heteroatoms. The molecule has 0 N–H and O–H groups in total. The van der Waals surface area contributed by atoms with Gasteiger partial charge in [-0.2, -0.15) is 0 Å². The second-order valence-corrected chi connectivity index (χ2v) is 4.20. The molecule has 1 aromatic carbocycles. The van der Waals surface area contributed by atoms with Crippen molar-refractivity contribution in [3.63, 3.8) is 0 Å². The number of halogens is 1. The Morgan fingerprint density at radius 3 is 2.69 bits per heavy atom. The summed E-state index contributed by atoms with van der Waals surface area (Å²) < 4.78 is 5.23. The van der Waals surface area contributed by atoms with E-state index in [1.807, 2.05) is 25.1 Å². The molecular weight excluding hydrogens is 222 g/mol. The molecule has 0 radical (unpaired) electrons. The molecule has 0 amide bonds. The topological polar surface area (TPSA) is 22.1 Å². The Morgan fingerprint density at radius 2 is 2.06 bits per heavy atom. The van der Waals surface area contributed by atoms with E-state index in [4.69, 9.17) is 16.3 Å². The number of benzene rings is 1. The summed E-state index contributed by atoms with van der Waals surface area (Å²) in [6.45, 7) is 4.09.